The van der Waals surface area contributed by atoms with Gasteiger partial charge in [-0.3, -0.25) is 0 Å². The molecular formula is C22H25ClN4O2S. The first kappa shape index (κ1) is 21.0. The van der Waals surface area contributed by atoms with Crippen molar-refractivity contribution in [2.24, 2.45) is 0 Å². The smallest absolute Gasteiger partial charge is 0.243 e. The van der Waals surface area contributed by atoms with Crippen LogP contribution < -0.4 is 5.32 Å². The molecular weight excluding hydrogens is 420 g/mol. The average Bonchev–Trinajstić information content (AvgIpc) is 3.05. The quantitative estimate of drug-likeness (QED) is 0.605. The number of rotatable bonds is 6. The van der Waals surface area contributed by atoms with Crippen LogP contribution in [0.15, 0.2) is 53.4 Å². The highest BCUT2D eigenvalue weighted by molar-refractivity contribution is 7.89. The molecule has 2 heterocycles. The Balaban J connectivity index is 1.39. The van der Waals surface area contributed by atoms with E-state index in [1.54, 1.807) is 16.4 Å². The molecule has 1 aromatic heterocycles. The van der Waals surface area contributed by atoms with Crippen LogP contribution in [0.1, 0.15) is 31.2 Å². The summed E-state index contributed by atoms with van der Waals surface area (Å²) in [6.45, 7) is 1.84. The van der Waals surface area contributed by atoms with E-state index in [0.29, 0.717) is 35.5 Å². The van der Waals surface area contributed by atoms with Crippen LogP contribution in [0.3, 0.4) is 0 Å². The van der Waals surface area contributed by atoms with Crippen LogP contribution in [-0.4, -0.2) is 42.3 Å². The number of halogens is 1. The summed E-state index contributed by atoms with van der Waals surface area (Å²) in [5.74, 6) is 0.552. The molecule has 0 unspecified atom stereocenters. The molecule has 2 aromatic carbocycles. The molecule has 30 heavy (non-hydrogen) atoms. The number of hydrogen-bond acceptors (Lipinski definition) is 5. The Morgan fingerprint density at radius 1 is 0.900 bits per heavy atom. The lowest BCUT2D eigenvalue weighted by atomic mass is 10.1. The third-order valence-corrected chi connectivity index (χ3v) is 7.54. The maximum Gasteiger partial charge on any atom is 0.243 e. The van der Waals surface area contributed by atoms with Crippen molar-refractivity contribution in [1.82, 2.24) is 14.3 Å². The SMILES string of the molecule is O=S(=O)(c1ccc(CCNc2nc3ccccc3nc2Cl)cc1)N1CCCCCC1. The van der Waals surface area contributed by atoms with Gasteiger partial charge >= 0.3 is 0 Å². The number of hydrogen-bond donors (Lipinski definition) is 1. The second-order valence-corrected chi connectivity index (χ2v) is 9.79. The van der Waals surface area contributed by atoms with Crippen molar-refractivity contribution in [3.63, 3.8) is 0 Å². The Hall–Kier alpha value is -2.22. The fourth-order valence-electron chi connectivity index (χ4n) is 3.68. The van der Waals surface area contributed by atoms with Gasteiger partial charge in [0.1, 0.15) is 0 Å². The Kier molecular flexibility index (Phi) is 6.51. The summed E-state index contributed by atoms with van der Waals surface area (Å²) in [5.41, 5.74) is 2.59. The summed E-state index contributed by atoms with van der Waals surface area (Å²) < 4.78 is 27.4. The van der Waals surface area contributed by atoms with E-state index in [9.17, 15) is 8.42 Å². The Morgan fingerprint density at radius 3 is 2.20 bits per heavy atom. The number of nitrogens with zero attached hydrogens (tertiary/aromatic N) is 3. The molecule has 158 valence electrons. The van der Waals surface area contributed by atoms with Crippen molar-refractivity contribution in [2.45, 2.75) is 37.0 Å². The van der Waals surface area contributed by atoms with Crippen molar-refractivity contribution in [1.29, 1.82) is 0 Å². The molecule has 1 N–H and O–H groups in total. The molecule has 0 aliphatic carbocycles. The fourth-order valence-corrected chi connectivity index (χ4v) is 5.39. The van der Waals surface area contributed by atoms with Crippen molar-refractivity contribution < 1.29 is 8.42 Å². The van der Waals surface area contributed by atoms with Gasteiger partial charge in [-0.25, -0.2) is 18.4 Å². The highest BCUT2D eigenvalue weighted by Crippen LogP contribution is 2.22. The zero-order valence-corrected chi connectivity index (χ0v) is 18.3. The highest BCUT2D eigenvalue weighted by Gasteiger charge is 2.24. The molecule has 6 nitrogen and oxygen atoms in total. The van der Waals surface area contributed by atoms with Gasteiger partial charge in [0, 0.05) is 19.6 Å². The Morgan fingerprint density at radius 2 is 1.53 bits per heavy atom. The van der Waals surface area contributed by atoms with Crippen LogP contribution in [-0.2, 0) is 16.4 Å². The van der Waals surface area contributed by atoms with Gasteiger partial charge in [-0.1, -0.05) is 48.7 Å². The standard InChI is InChI=1S/C22H25ClN4O2S/c23-21-22(26-20-8-4-3-7-19(20)25-21)24-14-13-17-9-11-18(12-10-17)30(28,29)27-15-5-1-2-6-16-27/h3-4,7-12H,1-2,5-6,13-16H2,(H,24,26). The molecule has 0 bridgehead atoms. The average molecular weight is 445 g/mol. The van der Waals surface area contributed by atoms with E-state index >= 15 is 0 Å². The normalized spacial score (nSPS) is 15.8. The summed E-state index contributed by atoms with van der Waals surface area (Å²) in [6, 6.07) is 14.7. The molecule has 0 atom stereocenters. The van der Waals surface area contributed by atoms with Gasteiger partial charge in [-0.05, 0) is 49.1 Å². The molecule has 0 spiro atoms. The highest BCUT2D eigenvalue weighted by atomic mass is 35.5. The first-order chi connectivity index (χ1) is 14.5. The molecule has 1 fully saturated rings. The van der Waals surface area contributed by atoms with E-state index in [1.807, 2.05) is 36.4 Å². The molecule has 1 aliphatic heterocycles. The first-order valence-electron chi connectivity index (χ1n) is 10.3. The van der Waals surface area contributed by atoms with Gasteiger partial charge in [0.15, 0.2) is 11.0 Å². The van der Waals surface area contributed by atoms with E-state index in [0.717, 1.165) is 48.7 Å². The predicted molar refractivity (Wildman–Crippen MR) is 120 cm³/mol. The maximum absolute atomic E-state index is 12.9. The van der Waals surface area contributed by atoms with Crippen molar-refractivity contribution in [2.75, 3.05) is 25.0 Å². The zero-order valence-electron chi connectivity index (χ0n) is 16.7. The number of fused-ring (bicyclic) bond motifs is 1. The van der Waals surface area contributed by atoms with Crippen molar-refractivity contribution in [3.05, 3.63) is 59.2 Å². The van der Waals surface area contributed by atoms with E-state index < -0.39 is 10.0 Å². The van der Waals surface area contributed by atoms with E-state index in [1.165, 1.54) is 0 Å². The van der Waals surface area contributed by atoms with Crippen LogP contribution >= 0.6 is 11.6 Å². The monoisotopic (exact) mass is 444 g/mol. The van der Waals surface area contributed by atoms with E-state index in [4.69, 9.17) is 11.6 Å². The van der Waals surface area contributed by atoms with Crippen LogP contribution in [0.4, 0.5) is 5.82 Å². The minimum absolute atomic E-state index is 0.340. The number of benzene rings is 2. The van der Waals surface area contributed by atoms with Crippen LogP contribution in [0.25, 0.3) is 11.0 Å². The van der Waals surface area contributed by atoms with E-state index in [2.05, 4.69) is 15.3 Å². The summed E-state index contributed by atoms with van der Waals surface area (Å²) >= 11 is 6.23. The Labute approximate surface area is 182 Å². The second kappa shape index (κ2) is 9.29. The van der Waals surface area contributed by atoms with Crippen LogP contribution in [0.5, 0.6) is 0 Å². The molecule has 0 radical (unpaired) electrons. The summed E-state index contributed by atoms with van der Waals surface area (Å²) in [6.07, 6.45) is 4.79. The topological polar surface area (TPSA) is 75.2 Å². The summed E-state index contributed by atoms with van der Waals surface area (Å²) in [4.78, 5) is 9.25. The molecule has 8 heteroatoms. The molecule has 4 rings (SSSR count). The summed E-state index contributed by atoms with van der Waals surface area (Å²) in [5, 5.41) is 3.57. The lowest BCUT2D eigenvalue weighted by Gasteiger charge is -2.20. The van der Waals surface area contributed by atoms with Crippen LogP contribution in [0.2, 0.25) is 5.15 Å². The largest absolute Gasteiger partial charge is 0.367 e. The first-order valence-corrected chi connectivity index (χ1v) is 12.1. The third-order valence-electron chi connectivity index (χ3n) is 5.36. The molecule has 1 saturated heterocycles. The van der Waals surface area contributed by atoms with Gasteiger partial charge in [-0.15, -0.1) is 0 Å². The number of aromatic nitrogens is 2. The summed E-state index contributed by atoms with van der Waals surface area (Å²) in [7, 11) is -3.41. The van der Waals surface area contributed by atoms with Gasteiger partial charge in [0.25, 0.3) is 0 Å². The number of para-hydroxylation sites is 2. The Bertz CT molecular complexity index is 1110. The second-order valence-electron chi connectivity index (χ2n) is 7.49. The molecule has 3 aromatic rings. The van der Waals surface area contributed by atoms with Crippen molar-refractivity contribution >= 4 is 38.5 Å². The lowest BCUT2D eigenvalue weighted by Crippen LogP contribution is -2.31. The third kappa shape index (κ3) is 4.74. The van der Waals surface area contributed by atoms with Gasteiger partial charge in [0.05, 0.1) is 15.9 Å². The molecule has 1 aliphatic rings. The number of nitrogens with one attached hydrogen (secondary N) is 1. The minimum atomic E-state index is -3.41. The number of sulfonamides is 1. The minimum Gasteiger partial charge on any atom is -0.367 e. The van der Waals surface area contributed by atoms with E-state index in [-0.39, 0.29) is 0 Å². The predicted octanol–water partition coefficient (Wildman–Crippen LogP) is 4.50. The molecule has 0 amide bonds. The van der Waals surface area contributed by atoms with Gasteiger partial charge in [0.2, 0.25) is 10.0 Å². The van der Waals surface area contributed by atoms with Crippen molar-refractivity contribution in [3.8, 4) is 0 Å². The fraction of sp³-hybridized carbons (Fsp3) is 0.364. The zero-order chi connectivity index (χ0) is 21.0. The lowest BCUT2D eigenvalue weighted by molar-refractivity contribution is 0.423. The van der Waals surface area contributed by atoms with Gasteiger partial charge < -0.3 is 5.32 Å². The number of anilines is 1. The molecule has 0 saturated carbocycles. The van der Waals surface area contributed by atoms with Crippen LogP contribution in [0, 0.1) is 0 Å². The van der Waals surface area contributed by atoms with Gasteiger partial charge in [-0.2, -0.15) is 4.31 Å². The maximum atomic E-state index is 12.9.